The zero-order valence-electron chi connectivity index (χ0n) is 20.8. The van der Waals surface area contributed by atoms with E-state index in [9.17, 15) is 4.79 Å². The van der Waals surface area contributed by atoms with Gasteiger partial charge in [-0.3, -0.25) is 14.3 Å². The summed E-state index contributed by atoms with van der Waals surface area (Å²) >= 11 is 0. The molecule has 1 aromatic heterocycles. The van der Waals surface area contributed by atoms with Crippen LogP contribution in [-0.2, 0) is 11.3 Å². The molecule has 2 aliphatic rings. The lowest BCUT2D eigenvalue weighted by Crippen LogP contribution is -2.49. The van der Waals surface area contributed by atoms with E-state index in [4.69, 9.17) is 4.98 Å². The summed E-state index contributed by atoms with van der Waals surface area (Å²) in [7, 11) is 0. The van der Waals surface area contributed by atoms with Gasteiger partial charge in [-0.2, -0.15) is 0 Å². The molecule has 0 bridgehead atoms. The molecule has 0 spiro atoms. The van der Waals surface area contributed by atoms with Gasteiger partial charge in [0.1, 0.15) is 0 Å². The second kappa shape index (κ2) is 9.28. The Morgan fingerprint density at radius 3 is 2.44 bits per heavy atom. The first-order valence-electron chi connectivity index (χ1n) is 12.7. The van der Waals surface area contributed by atoms with E-state index < -0.39 is 0 Å². The lowest BCUT2D eigenvalue weighted by atomic mass is 9.92. The Morgan fingerprint density at radius 1 is 0.917 bits per heavy atom. The van der Waals surface area contributed by atoms with Crippen molar-refractivity contribution in [1.29, 1.82) is 0 Å². The van der Waals surface area contributed by atoms with Gasteiger partial charge in [-0.15, -0.1) is 0 Å². The van der Waals surface area contributed by atoms with E-state index in [-0.39, 0.29) is 11.9 Å². The van der Waals surface area contributed by atoms with Gasteiger partial charge in [-0.25, -0.2) is 4.98 Å². The lowest BCUT2D eigenvalue weighted by molar-refractivity contribution is -0.129. The van der Waals surface area contributed by atoms with Crippen LogP contribution >= 0.6 is 0 Å². The van der Waals surface area contributed by atoms with E-state index in [1.165, 1.54) is 11.1 Å². The molecule has 1 N–H and O–H groups in total. The van der Waals surface area contributed by atoms with Crippen molar-refractivity contribution in [3.8, 4) is 0 Å². The van der Waals surface area contributed by atoms with Crippen molar-refractivity contribution in [2.24, 2.45) is 0 Å². The third kappa shape index (κ3) is 4.07. The van der Waals surface area contributed by atoms with Crippen molar-refractivity contribution in [3.63, 3.8) is 0 Å². The standard InChI is InChI=1S/C30H31N5O/c1-21-9-8-12-24(19-21)28-27(22(2)31-30-32-25-13-6-7-14-26(25)35(28)30)29(36)34-17-15-33(16-18-34)20-23-10-4-3-5-11-23/h3-14,19,28H,15-18,20H2,1-2H3,(H,31,32). The van der Waals surface area contributed by atoms with Crippen LogP contribution in [0.1, 0.15) is 29.7 Å². The molecule has 182 valence electrons. The Morgan fingerprint density at radius 2 is 1.67 bits per heavy atom. The first-order valence-corrected chi connectivity index (χ1v) is 12.7. The number of hydrogen-bond acceptors (Lipinski definition) is 4. The highest BCUT2D eigenvalue weighted by Crippen LogP contribution is 2.40. The zero-order valence-corrected chi connectivity index (χ0v) is 20.8. The Balaban J connectivity index is 1.32. The van der Waals surface area contributed by atoms with Gasteiger partial charge in [0.05, 0.1) is 22.6 Å². The highest BCUT2D eigenvalue weighted by atomic mass is 16.2. The van der Waals surface area contributed by atoms with Crippen LogP contribution in [0.25, 0.3) is 11.0 Å². The average molecular weight is 478 g/mol. The number of para-hydroxylation sites is 2. The Bertz CT molecular complexity index is 1450. The van der Waals surface area contributed by atoms with E-state index in [0.717, 1.165) is 66.5 Å². The summed E-state index contributed by atoms with van der Waals surface area (Å²) in [4.78, 5) is 23.4. The number of anilines is 1. The number of benzene rings is 3. The maximum Gasteiger partial charge on any atom is 0.254 e. The Hall–Kier alpha value is -3.90. The van der Waals surface area contributed by atoms with Crippen LogP contribution in [0.15, 0.2) is 90.1 Å². The third-order valence-electron chi connectivity index (χ3n) is 7.33. The fraction of sp³-hybridized carbons (Fsp3) is 0.267. The van der Waals surface area contributed by atoms with Crippen molar-refractivity contribution < 1.29 is 4.79 Å². The number of carbonyl (C=O) groups is 1. The van der Waals surface area contributed by atoms with Gasteiger partial charge in [0, 0.05) is 38.4 Å². The summed E-state index contributed by atoms with van der Waals surface area (Å²) in [6.07, 6.45) is 0. The lowest BCUT2D eigenvalue weighted by Gasteiger charge is -2.38. The van der Waals surface area contributed by atoms with Gasteiger partial charge < -0.3 is 10.2 Å². The number of imidazole rings is 1. The predicted octanol–water partition coefficient (Wildman–Crippen LogP) is 4.98. The number of aromatic nitrogens is 2. The number of piperazine rings is 1. The minimum absolute atomic E-state index is 0.106. The number of aryl methyl sites for hydroxylation is 1. The highest BCUT2D eigenvalue weighted by Gasteiger charge is 2.36. The fourth-order valence-electron chi connectivity index (χ4n) is 5.52. The summed E-state index contributed by atoms with van der Waals surface area (Å²) in [5.74, 6) is 0.888. The van der Waals surface area contributed by atoms with Gasteiger partial charge >= 0.3 is 0 Å². The molecule has 3 heterocycles. The molecule has 1 unspecified atom stereocenters. The second-order valence-electron chi connectivity index (χ2n) is 9.83. The number of hydrogen-bond donors (Lipinski definition) is 1. The summed E-state index contributed by atoms with van der Waals surface area (Å²) < 4.78 is 2.19. The quantitative estimate of drug-likeness (QED) is 0.451. The molecule has 3 aromatic carbocycles. The van der Waals surface area contributed by atoms with Crippen molar-refractivity contribution >= 4 is 22.9 Å². The number of nitrogens with zero attached hydrogens (tertiary/aromatic N) is 4. The maximum atomic E-state index is 14.1. The Kier molecular flexibility index (Phi) is 5.82. The number of fused-ring (bicyclic) bond motifs is 3. The van der Waals surface area contributed by atoms with E-state index in [1.807, 2.05) is 36.1 Å². The van der Waals surface area contributed by atoms with Gasteiger partial charge in [0.15, 0.2) is 0 Å². The molecule has 2 aliphatic heterocycles. The van der Waals surface area contributed by atoms with Gasteiger partial charge in [0.25, 0.3) is 5.91 Å². The molecule has 1 fully saturated rings. The summed E-state index contributed by atoms with van der Waals surface area (Å²) in [6, 6.07) is 26.9. The molecule has 0 aliphatic carbocycles. The van der Waals surface area contributed by atoms with Crippen LogP contribution in [0.5, 0.6) is 0 Å². The normalized spacial score (nSPS) is 18.3. The van der Waals surface area contributed by atoms with E-state index in [1.54, 1.807) is 0 Å². The molecule has 0 saturated carbocycles. The minimum Gasteiger partial charge on any atom is -0.336 e. The molecule has 1 atom stereocenters. The van der Waals surface area contributed by atoms with Gasteiger partial charge in [0.2, 0.25) is 5.95 Å². The van der Waals surface area contributed by atoms with Crippen LogP contribution in [0, 0.1) is 6.92 Å². The van der Waals surface area contributed by atoms with E-state index in [2.05, 4.69) is 76.3 Å². The van der Waals surface area contributed by atoms with Gasteiger partial charge in [-0.1, -0.05) is 72.3 Å². The molecule has 4 aromatic rings. The maximum absolute atomic E-state index is 14.1. The zero-order chi connectivity index (χ0) is 24.6. The molecule has 1 saturated heterocycles. The number of amides is 1. The summed E-state index contributed by atoms with van der Waals surface area (Å²) in [5.41, 5.74) is 7.22. The van der Waals surface area contributed by atoms with Crippen LogP contribution in [0.3, 0.4) is 0 Å². The largest absolute Gasteiger partial charge is 0.336 e. The Labute approximate surface area is 211 Å². The topological polar surface area (TPSA) is 53.4 Å². The first kappa shape index (κ1) is 22.6. The van der Waals surface area contributed by atoms with Crippen LogP contribution in [-0.4, -0.2) is 51.4 Å². The smallest absolute Gasteiger partial charge is 0.254 e. The summed E-state index contributed by atoms with van der Waals surface area (Å²) in [5, 5.41) is 3.45. The SMILES string of the molecule is CC1=C(C(=O)N2CCN(Cc3ccccc3)CC2)C(c2cccc(C)c2)n2c(nc3ccccc32)N1. The third-order valence-corrected chi connectivity index (χ3v) is 7.33. The molecule has 6 rings (SSSR count). The number of carbonyl (C=O) groups excluding carboxylic acids is 1. The van der Waals surface area contributed by atoms with Crippen molar-refractivity contribution in [2.75, 3.05) is 31.5 Å². The summed E-state index contributed by atoms with van der Waals surface area (Å²) in [6.45, 7) is 8.21. The number of allylic oxidation sites excluding steroid dienone is 1. The number of rotatable bonds is 4. The number of nitrogens with one attached hydrogen (secondary N) is 1. The van der Waals surface area contributed by atoms with Crippen molar-refractivity contribution in [1.82, 2.24) is 19.4 Å². The molecule has 0 radical (unpaired) electrons. The van der Waals surface area contributed by atoms with E-state index >= 15 is 0 Å². The molecule has 6 heteroatoms. The van der Waals surface area contributed by atoms with Crippen LogP contribution in [0.2, 0.25) is 0 Å². The monoisotopic (exact) mass is 477 g/mol. The second-order valence-corrected chi connectivity index (χ2v) is 9.83. The average Bonchev–Trinajstić information content (AvgIpc) is 3.26. The molecule has 1 amide bonds. The van der Waals surface area contributed by atoms with Crippen LogP contribution in [0.4, 0.5) is 5.95 Å². The molecular formula is C30H31N5O. The van der Waals surface area contributed by atoms with Gasteiger partial charge in [-0.05, 0) is 37.1 Å². The highest BCUT2D eigenvalue weighted by molar-refractivity contribution is 5.98. The molecule has 6 nitrogen and oxygen atoms in total. The fourth-order valence-corrected chi connectivity index (χ4v) is 5.52. The minimum atomic E-state index is -0.233. The first-order chi connectivity index (χ1) is 17.6. The molecular weight excluding hydrogens is 446 g/mol. The van der Waals surface area contributed by atoms with Crippen LogP contribution < -0.4 is 5.32 Å². The molecule has 36 heavy (non-hydrogen) atoms. The predicted molar refractivity (Wildman–Crippen MR) is 144 cm³/mol. The van der Waals surface area contributed by atoms with Crippen molar-refractivity contribution in [3.05, 3.63) is 107 Å². The van der Waals surface area contributed by atoms with E-state index in [0.29, 0.717) is 0 Å². The van der Waals surface area contributed by atoms with Crippen molar-refractivity contribution in [2.45, 2.75) is 26.4 Å².